The van der Waals surface area contributed by atoms with Gasteiger partial charge >= 0.3 is 0 Å². The van der Waals surface area contributed by atoms with E-state index in [9.17, 15) is 14.4 Å². The summed E-state index contributed by atoms with van der Waals surface area (Å²) in [4.78, 5) is 12.4. The molecular weight excluding hydrogens is 293 g/mol. The maximum absolute atomic E-state index is 14.1. The van der Waals surface area contributed by atoms with Gasteiger partial charge in [0, 0.05) is 16.7 Å². The molecule has 1 amide bonds. The van der Waals surface area contributed by atoms with Crippen LogP contribution >= 0.6 is 0 Å². The van der Waals surface area contributed by atoms with Crippen LogP contribution in [0.15, 0.2) is 78.9 Å². The largest absolute Gasteiger partial charge is 0.282 e. The van der Waals surface area contributed by atoms with Crippen molar-refractivity contribution in [3.05, 3.63) is 90.2 Å². The number of anilines is 1. The predicted molar refractivity (Wildman–Crippen MR) is 86.9 cm³/mol. The fourth-order valence-electron chi connectivity index (χ4n) is 2.38. The molecule has 0 aliphatic heterocycles. The third-order valence-electron chi connectivity index (χ3n) is 3.51. The molecule has 4 heteroatoms. The SMILES string of the molecule is O=C(c1ccccc1)N(O)c1ccccc1-c1ccccc1F. The highest BCUT2D eigenvalue weighted by Crippen LogP contribution is 2.32. The minimum atomic E-state index is -0.575. The minimum Gasteiger partial charge on any atom is -0.281 e. The first-order valence-corrected chi connectivity index (χ1v) is 7.11. The van der Waals surface area contributed by atoms with E-state index in [4.69, 9.17) is 0 Å². The summed E-state index contributed by atoms with van der Waals surface area (Å²) in [5.74, 6) is -0.991. The standard InChI is InChI=1S/C19H14FNO2/c20-17-12-6-4-10-15(17)16-11-5-7-13-18(16)21(23)19(22)14-8-2-1-3-9-14/h1-13,23H. The van der Waals surface area contributed by atoms with Crippen LogP contribution in [0.25, 0.3) is 11.1 Å². The second-order valence-electron chi connectivity index (χ2n) is 4.98. The van der Waals surface area contributed by atoms with E-state index in [1.54, 1.807) is 72.8 Å². The molecule has 23 heavy (non-hydrogen) atoms. The van der Waals surface area contributed by atoms with Gasteiger partial charge in [-0.25, -0.2) is 4.39 Å². The first kappa shape index (κ1) is 14.9. The van der Waals surface area contributed by atoms with Gasteiger partial charge in [0.05, 0.1) is 5.69 Å². The van der Waals surface area contributed by atoms with Gasteiger partial charge in [-0.2, -0.15) is 5.06 Å². The molecule has 1 N–H and O–H groups in total. The lowest BCUT2D eigenvalue weighted by molar-refractivity contribution is 0.0855. The smallest absolute Gasteiger partial charge is 0.281 e. The number of hydrogen-bond donors (Lipinski definition) is 1. The molecule has 0 saturated heterocycles. The molecule has 3 aromatic carbocycles. The van der Waals surface area contributed by atoms with Gasteiger partial charge < -0.3 is 0 Å². The quantitative estimate of drug-likeness (QED) is 0.570. The van der Waals surface area contributed by atoms with Gasteiger partial charge in [0.15, 0.2) is 0 Å². The molecule has 0 fully saturated rings. The maximum Gasteiger partial charge on any atom is 0.282 e. The van der Waals surface area contributed by atoms with Crippen molar-refractivity contribution < 1.29 is 14.4 Å². The fraction of sp³-hybridized carbons (Fsp3) is 0. The number of amides is 1. The summed E-state index contributed by atoms with van der Waals surface area (Å²) in [5, 5.41) is 10.9. The lowest BCUT2D eigenvalue weighted by Crippen LogP contribution is -2.27. The van der Waals surface area contributed by atoms with Crippen LogP contribution in [-0.4, -0.2) is 11.1 Å². The van der Waals surface area contributed by atoms with Crippen LogP contribution in [0.5, 0.6) is 0 Å². The molecule has 0 bridgehead atoms. The van der Waals surface area contributed by atoms with Crippen LogP contribution in [0.4, 0.5) is 10.1 Å². The fourth-order valence-corrected chi connectivity index (χ4v) is 2.38. The van der Waals surface area contributed by atoms with Crippen LogP contribution in [0.2, 0.25) is 0 Å². The van der Waals surface area contributed by atoms with Crippen molar-refractivity contribution in [2.75, 3.05) is 5.06 Å². The zero-order valence-electron chi connectivity index (χ0n) is 12.2. The number of rotatable bonds is 3. The van der Waals surface area contributed by atoms with Crippen LogP contribution in [0, 0.1) is 5.82 Å². The van der Waals surface area contributed by atoms with E-state index < -0.39 is 11.7 Å². The Balaban J connectivity index is 2.04. The Bertz CT molecular complexity index is 834. The van der Waals surface area contributed by atoms with Crippen LogP contribution in [0.3, 0.4) is 0 Å². The van der Waals surface area contributed by atoms with Crippen LogP contribution < -0.4 is 5.06 Å². The van der Waals surface area contributed by atoms with Crippen molar-refractivity contribution in [2.24, 2.45) is 0 Å². The molecule has 0 atom stereocenters. The second kappa shape index (κ2) is 6.42. The number of benzene rings is 3. The first-order chi connectivity index (χ1) is 11.2. The van der Waals surface area contributed by atoms with E-state index in [0.717, 1.165) is 0 Å². The third-order valence-corrected chi connectivity index (χ3v) is 3.51. The highest BCUT2D eigenvalue weighted by atomic mass is 19.1. The summed E-state index contributed by atoms with van der Waals surface area (Å²) < 4.78 is 14.1. The Morgan fingerprint density at radius 1 is 0.783 bits per heavy atom. The van der Waals surface area contributed by atoms with Gasteiger partial charge in [-0.05, 0) is 24.3 Å². The minimum absolute atomic E-state index is 0.228. The van der Waals surface area contributed by atoms with Gasteiger partial charge in [0.2, 0.25) is 0 Å². The monoisotopic (exact) mass is 307 g/mol. The predicted octanol–water partition coefficient (Wildman–Crippen LogP) is 4.53. The summed E-state index contributed by atoms with van der Waals surface area (Å²) in [6.45, 7) is 0. The average Bonchev–Trinajstić information content (AvgIpc) is 2.62. The Morgan fingerprint density at radius 2 is 1.35 bits per heavy atom. The number of carbonyl (C=O) groups is 1. The normalized spacial score (nSPS) is 10.3. The Kier molecular flexibility index (Phi) is 4.17. The average molecular weight is 307 g/mol. The van der Waals surface area contributed by atoms with Crippen molar-refractivity contribution >= 4 is 11.6 Å². The number of carbonyl (C=O) groups excluding carboxylic acids is 1. The molecule has 0 spiro atoms. The van der Waals surface area contributed by atoms with Crippen molar-refractivity contribution in [2.45, 2.75) is 0 Å². The van der Waals surface area contributed by atoms with E-state index in [0.29, 0.717) is 21.8 Å². The van der Waals surface area contributed by atoms with E-state index in [1.807, 2.05) is 0 Å². The molecule has 0 aliphatic carbocycles. The summed E-state index contributed by atoms with van der Waals surface area (Å²) in [6, 6.07) is 21.3. The summed E-state index contributed by atoms with van der Waals surface area (Å²) in [6.07, 6.45) is 0. The van der Waals surface area contributed by atoms with Gasteiger partial charge in [-0.1, -0.05) is 54.6 Å². The van der Waals surface area contributed by atoms with Crippen molar-refractivity contribution in [3.8, 4) is 11.1 Å². The second-order valence-corrected chi connectivity index (χ2v) is 4.98. The van der Waals surface area contributed by atoms with Crippen molar-refractivity contribution in [1.82, 2.24) is 0 Å². The highest BCUT2D eigenvalue weighted by Gasteiger charge is 2.19. The topological polar surface area (TPSA) is 40.5 Å². The molecule has 0 aliphatic rings. The molecule has 0 aromatic heterocycles. The summed E-state index contributed by atoms with van der Waals surface area (Å²) in [7, 11) is 0. The summed E-state index contributed by atoms with van der Waals surface area (Å²) in [5.41, 5.74) is 1.34. The van der Waals surface area contributed by atoms with Crippen LogP contribution in [0.1, 0.15) is 10.4 Å². The zero-order valence-corrected chi connectivity index (χ0v) is 12.2. The first-order valence-electron chi connectivity index (χ1n) is 7.11. The van der Waals surface area contributed by atoms with Crippen LogP contribution in [-0.2, 0) is 0 Å². The molecule has 0 radical (unpaired) electrons. The molecule has 3 rings (SSSR count). The molecule has 3 aromatic rings. The highest BCUT2D eigenvalue weighted by molar-refractivity contribution is 6.06. The number of hydroxylamine groups is 1. The van der Waals surface area contributed by atoms with E-state index >= 15 is 0 Å². The molecule has 0 saturated carbocycles. The molecule has 0 unspecified atom stereocenters. The molecular formula is C19H14FNO2. The Hall–Kier alpha value is -2.98. The number of halogens is 1. The van der Waals surface area contributed by atoms with Gasteiger partial charge in [0.1, 0.15) is 5.82 Å². The van der Waals surface area contributed by atoms with Crippen molar-refractivity contribution in [3.63, 3.8) is 0 Å². The zero-order chi connectivity index (χ0) is 16.2. The van der Waals surface area contributed by atoms with Crippen molar-refractivity contribution in [1.29, 1.82) is 0 Å². The molecule has 0 heterocycles. The lowest BCUT2D eigenvalue weighted by Gasteiger charge is -2.19. The summed E-state index contributed by atoms with van der Waals surface area (Å²) >= 11 is 0. The number of nitrogens with zero attached hydrogens (tertiary/aromatic N) is 1. The number of para-hydroxylation sites is 1. The van der Waals surface area contributed by atoms with Gasteiger partial charge in [-0.3, -0.25) is 10.0 Å². The molecule has 3 nitrogen and oxygen atoms in total. The van der Waals surface area contributed by atoms with E-state index in [1.165, 1.54) is 6.07 Å². The molecule has 114 valence electrons. The third kappa shape index (κ3) is 2.98. The maximum atomic E-state index is 14.1. The Morgan fingerprint density at radius 3 is 2.04 bits per heavy atom. The Labute approximate surface area is 133 Å². The van der Waals surface area contributed by atoms with Gasteiger partial charge in [-0.15, -0.1) is 0 Å². The lowest BCUT2D eigenvalue weighted by atomic mass is 10.0. The van der Waals surface area contributed by atoms with E-state index in [2.05, 4.69) is 0 Å². The number of hydrogen-bond acceptors (Lipinski definition) is 2. The van der Waals surface area contributed by atoms with Gasteiger partial charge in [0.25, 0.3) is 5.91 Å². The van der Waals surface area contributed by atoms with E-state index in [-0.39, 0.29) is 5.69 Å².